The average molecular weight is 266 g/mol. The SMILES string of the molecule is CCC[SiH2]OCCCOCCCc1ccccc1. The normalized spacial score (nSPS) is 11.4. The summed E-state index contributed by atoms with van der Waals surface area (Å²) >= 11 is 0. The van der Waals surface area contributed by atoms with Gasteiger partial charge in [0.2, 0.25) is 0 Å². The van der Waals surface area contributed by atoms with E-state index in [2.05, 4.69) is 37.3 Å². The largest absolute Gasteiger partial charge is 0.424 e. The van der Waals surface area contributed by atoms with E-state index in [0.29, 0.717) is 0 Å². The van der Waals surface area contributed by atoms with Gasteiger partial charge in [0.05, 0.1) is 0 Å². The summed E-state index contributed by atoms with van der Waals surface area (Å²) in [5.74, 6) is 0. The van der Waals surface area contributed by atoms with Crippen LogP contribution in [-0.4, -0.2) is 29.6 Å². The van der Waals surface area contributed by atoms with Crippen LogP contribution in [0, 0.1) is 0 Å². The second kappa shape index (κ2) is 11.4. The van der Waals surface area contributed by atoms with Crippen LogP contribution in [0.15, 0.2) is 30.3 Å². The summed E-state index contributed by atoms with van der Waals surface area (Å²) in [4.78, 5) is 0. The van der Waals surface area contributed by atoms with Crippen molar-refractivity contribution >= 4 is 9.76 Å². The van der Waals surface area contributed by atoms with E-state index in [1.807, 2.05) is 0 Å². The molecule has 0 heterocycles. The number of benzene rings is 1. The molecule has 1 aromatic rings. The van der Waals surface area contributed by atoms with Gasteiger partial charge in [0.15, 0.2) is 9.76 Å². The number of rotatable bonds is 11. The predicted molar refractivity (Wildman–Crippen MR) is 79.8 cm³/mol. The van der Waals surface area contributed by atoms with E-state index in [0.717, 1.165) is 39.1 Å². The van der Waals surface area contributed by atoms with Gasteiger partial charge in [-0.3, -0.25) is 0 Å². The molecular formula is C15H26O2Si. The lowest BCUT2D eigenvalue weighted by molar-refractivity contribution is 0.118. The van der Waals surface area contributed by atoms with Crippen molar-refractivity contribution in [1.29, 1.82) is 0 Å². The molecule has 0 atom stereocenters. The van der Waals surface area contributed by atoms with Crippen molar-refractivity contribution in [2.75, 3.05) is 19.8 Å². The van der Waals surface area contributed by atoms with E-state index in [9.17, 15) is 0 Å². The van der Waals surface area contributed by atoms with E-state index >= 15 is 0 Å². The van der Waals surface area contributed by atoms with E-state index in [-0.39, 0.29) is 9.76 Å². The number of hydrogen-bond acceptors (Lipinski definition) is 2. The second-order valence-electron chi connectivity index (χ2n) is 4.52. The van der Waals surface area contributed by atoms with Crippen molar-refractivity contribution < 1.29 is 9.16 Å². The number of aryl methyl sites for hydroxylation is 1. The number of hydrogen-bond donors (Lipinski definition) is 0. The predicted octanol–water partition coefficient (Wildman–Crippen LogP) is 2.95. The highest BCUT2D eigenvalue weighted by molar-refractivity contribution is 6.26. The molecule has 102 valence electrons. The van der Waals surface area contributed by atoms with Crippen LogP contribution in [0.1, 0.15) is 31.7 Å². The monoisotopic (exact) mass is 266 g/mol. The van der Waals surface area contributed by atoms with E-state index in [1.54, 1.807) is 0 Å². The molecule has 0 N–H and O–H groups in total. The first-order chi connectivity index (χ1) is 8.93. The lowest BCUT2D eigenvalue weighted by atomic mass is 10.1. The molecule has 0 spiro atoms. The van der Waals surface area contributed by atoms with Crippen molar-refractivity contribution in [3.63, 3.8) is 0 Å². The van der Waals surface area contributed by atoms with Crippen LogP contribution < -0.4 is 0 Å². The van der Waals surface area contributed by atoms with Crippen LogP contribution in [0.5, 0.6) is 0 Å². The topological polar surface area (TPSA) is 18.5 Å². The van der Waals surface area contributed by atoms with Gasteiger partial charge in [-0.2, -0.15) is 0 Å². The second-order valence-corrected chi connectivity index (χ2v) is 6.04. The highest BCUT2D eigenvalue weighted by Gasteiger charge is 1.93. The molecule has 0 saturated carbocycles. The van der Waals surface area contributed by atoms with Crippen LogP contribution in [-0.2, 0) is 15.6 Å². The Bertz CT molecular complexity index is 277. The number of ether oxygens (including phenoxy) is 1. The lowest BCUT2D eigenvalue weighted by Gasteiger charge is -2.05. The van der Waals surface area contributed by atoms with Crippen molar-refractivity contribution in [2.45, 2.75) is 38.7 Å². The maximum atomic E-state index is 5.61. The lowest BCUT2D eigenvalue weighted by Crippen LogP contribution is -2.05. The third-order valence-corrected chi connectivity index (χ3v) is 4.39. The smallest absolute Gasteiger partial charge is 0.161 e. The molecule has 0 fully saturated rings. The fourth-order valence-corrected chi connectivity index (χ4v) is 2.64. The molecule has 0 aliphatic rings. The van der Waals surface area contributed by atoms with Gasteiger partial charge in [0.1, 0.15) is 0 Å². The molecule has 0 aromatic heterocycles. The van der Waals surface area contributed by atoms with Crippen LogP contribution in [0.3, 0.4) is 0 Å². The molecule has 18 heavy (non-hydrogen) atoms. The minimum Gasteiger partial charge on any atom is -0.424 e. The summed E-state index contributed by atoms with van der Waals surface area (Å²) in [5.41, 5.74) is 1.40. The van der Waals surface area contributed by atoms with Gasteiger partial charge in [-0.05, 0) is 30.9 Å². The van der Waals surface area contributed by atoms with Gasteiger partial charge >= 0.3 is 0 Å². The quantitative estimate of drug-likeness (QED) is 0.453. The minimum atomic E-state index is -0.223. The van der Waals surface area contributed by atoms with E-state index in [4.69, 9.17) is 9.16 Å². The van der Waals surface area contributed by atoms with Crippen LogP contribution in [0.25, 0.3) is 0 Å². The third kappa shape index (κ3) is 8.45. The van der Waals surface area contributed by atoms with E-state index < -0.39 is 0 Å². The molecule has 0 amide bonds. The zero-order chi connectivity index (χ0) is 12.9. The Morgan fingerprint density at radius 2 is 1.78 bits per heavy atom. The molecule has 0 bridgehead atoms. The summed E-state index contributed by atoms with van der Waals surface area (Å²) in [6.07, 6.45) is 4.53. The maximum absolute atomic E-state index is 5.61. The van der Waals surface area contributed by atoms with Gasteiger partial charge < -0.3 is 9.16 Å². The highest BCUT2D eigenvalue weighted by Crippen LogP contribution is 2.02. The standard InChI is InChI=1S/C15H26O2Si/c1-2-14-18-17-13-7-12-16-11-6-10-15-8-4-3-5-9-15/h3-5,8-9H,2,6-7,10-14,18H2,1H3. The summed E-state index contributed by atoms with van der Waals surface area (Å²) in [7, 11) is -0.223. The van der Waals surface area contributed by atoms with Crippen molar-refractivity contribution in [1.82, 2.24) is 0 Å². The molecule has 3 heteroatoms. The molecular weight excluding hydrogens is 240 g/mol. The van der Waals surface area contributed by atoms with Gasteiger partial charge in [-0.15, -0.1) is 0 Å². The Balaban J connectivity index is 1.82. The molecule has 0 aliphatic heterocycles. The summed E-state index contributed by atoms with van der Waals surface area (Å²) in [6, 6.07) is 11.9. The van der Waals surface area contributed by atoms with Gasteiger partial charge in [0.25, 0.3) is 0 Å². The molecule has 2 nitrogen and oxygen atoms in total. The highest BCUT2D eigenvalue weighted by atomic mass is 28.2. The van der Waals surface area contributed by atoms with Crippen molar-refractivity contribution in [3.05, 3.63) is 35.9 Å². The summed E-state index contributed by atoms with van der Waals surface area (Å²) in [6.45, 7) is 4.81. The van der Waals surface area contributed by atoms with Crippen LogP contribution in [0.2, 0.25) is 6.04 Å². The first kappa shape index (κ1) is 15.4. The molecule has 0 unspecified atom stereocenters. The Labute approximate surface area is 114 Å². The maximum Gasteiger partial charge on any atom is 0.161 e. The average Bonchev–Trinajstić information content (AvgIpc) is 2.42. The Kier molecular flexibility index (Phi) is 9.80. The van der Waals surface area contributed by atoms with Crippen LogP contribution >= 0.6 is 0 Å². The fraction of sp³-hybridized carbons (Fsp3) is 0.600. The van der Waals surface area contributed by atoms with Gasteiger partial charge in [-0.1, -0.05) is 43.7 Å². The summed E-state index contributed by atoms with van der Waals surface area (Å²) in [5, 5.41) is 0. The first-order valence-corrected chi connectivity index (χ1v) is 8.70. The fourth-order valence-electron chi connectivity index (χ4n) is 1.74. The first-order valence-electron chi connectivity index (χ1n) is 7.13. The molecule has 1 rings (SSSR count). The van der Waals surface area contributed by atoms with Crippen molar-refractivity contribution in [3.8, 4) is 0 Å². The molecule has 0 radical (unpaired) electrons. The zero-order valence-electron chi connectivity index (χ0n) is 11.6. The van der Waals surface area contributed by atoms with Crippen LogP contribution in [0.4, 0.5) is 0 Å². The molecule has 0 saturated heterocycles. The third-order valence-electron chi connectivity index (χ3n) is 2.82. The minimum absolute atomic E-state index is 0.223. The van der Waals surface area contributed by atoms with Crippen molar-refractivity contribution in [2.24, 2.45) is 0 Å². The summed E-state index contributed by atoms with van der Waals surface area (Å²) < 4.78 is 11.2. The Morgan fingerprint density at radius 1 is 1.00 bits per heavy atom. The zero-order valence-corrected chi connectivity index (χ0v) is 13.0. The molecule has 0 aliphatic carbocycles. The Morgan fingerprint density at radius 3 is 2.56 bits per heavy atom. The molecule has 1 aromatic carbocycles. The van der Waals surface area contributed by atoms with Gasteiger partial charge in [-0.25, -0.2) is 0 Å². The van der Waals surface area contributed by atoms with E-state index in [1.165, 1.54) is 18.0 Å². The van der Waals surface area contributed by atoms with Gasteiger partial charge in [0, 0.05) is 19.8 Å². The Hall–Kier alpha value is -0.643.